The molecule has 0 aliphatic heterocycles. The number of benzene rings is 2. The van der Waals surface area contributed by atoms with Crippen LogP contribution in [0, 0.1) is 0 Å². The van der Waals surface area contributed by atoms with E-state index in [4.69, 9.17) is 0 Å². The Morgan fingerprint density at radius 1 is 0.967 bits per heavy atom. The van der Waals surface area contributed by atoms with E-state index in [-0.39, 0.29) is 24.1 Å². The Kier molecular flexibility index (Phi) is 6.32. The van der Waals surface area contributed by atoms with Gasteiger partial charge < -0.3 is 5.11 Å². The lowest BCUT2D eigenvalue weighted by atomic mass is 9.95. The summed E-state index contributed by atoms with van der Waals surface area (Å²) in [4.78, 5) is 0.177. The van der Waals surface area contributed by atoms with Gasteiger partial charge in [-0.25, -0.2) is 13.1 Å². The van der Waals surface area contributed by atoms with E-state index < -0.39 is 10.0 Å². The summed E-state index contributed by atoms with van der Waals surface area (Å²) >= 11 is 0. The van der Waals surface area contributed by atoms with Gasteiger partial charge in [0, 0.05) is 18.2 Å². The van der Waals surface area contributed by atoms with E-state index >= 15 is 0 Å². The number of hydrogen-bond donors (Lipinski definition) is 1. The molecule has 1 saturated carbocycles. The second kappa shape index (κ2) is 9.12. The molecule has 1 heterocycles. The molecular formula is C23H27N3O3S. The standard InChI is InChI=1S/C23H27N3O3S/c27-17-16-26(21-14-8-3-9-15-21)30(28,29)22-18-25(20-12-6-2-7-13-20)24-23(22)19-10-4-1-5-11-19/h1-2,4-7,10-13,18,21,27H,3,8-9,14-17H2. The fourth-order valence-electron chi connectivity index (χ4n) is 4.15. The van der Waals surface area contributed by atoms with E-state index in [0.29, 0.717) is 5.69 Å². The van der Waals surface area contributed by atoms with Crippen LogP contribution in [-0.2, 0) is 10.0 Å². The van der Waals surface area contributed by atoms with Crippen LogP contribution in [0.3, 0.4) is 0 Å². The molecule has 0 saturated heterocycles. The van der Waals surface area contributed by atoms with Crippen LogP contribution in [-0.4, -0.2) is 46.8 Å². The largest absolute Gasteiger partial charge is 0.395 e. The van der Waals surface area contributed by atoms with Crippen molar-refractivity contribution in [2.45, 2.75) is 43.0 Å². The highest BCUT2D eigenvalue weighted by Crippen LogP contribution is 2.33. The minimum absolute atomic E-state index is 0.0837. The summed E-state index contributed by atoms with van der Waals surface area (Å²) in [5.41, 5.74) is 1.97. The van der Waals surface area contributed by atoms with Gasteiger partial charge in [0.1, 0.15) is 10.6 Å². The average molecular weight is 426 g/mol. The molecular weight excluding hydrogens is 398 g/mol. The van der Waals surface area contributed by atoms with Gasteiger partial charge in [-0.05, 0) is 25.0 Å². The van der Waals surface area contributed by atoms with E-state index in [1.165, 1.54) is 4.31 Å². The molecule has 0 amide bonds. The van der Waals surface area contributed by atoms with Gasteiger partial charge in [-0.3, -0.25) is 0 Å². The van der Waals surface area contributed by atoms with Gasteiger partial charge in [0.05, 0.1) is 18.5 Å². The van der Waals surface area contributed by atoms with Crippen LogP contribution >= 0.6 is 0 Å². The highest BCUT2D eigenvalue weighted by Gasteiger charge is 2.35. The summed E-state index contributed by atoms with van der Waals surface area (Å²) in [6.45, 7) is -0.110. The third-order valence-corrected chi connectivity index (χ3v) is 7.59. The van der Waals surface area contributed by atoms with Gasteiger partial charge in [-0.15, -0.1) is 0 Å². The first-order valence-electron chi connectivity index (χ1n) is 10.4. The van der Waals surface area contributed by atoms with Crippen molar-refractivity contribution in [3.8, 4) is 16.9 Å². The van der Waals surface area contributed by atoms with Crippen LogP contribution in [0.5, 0.6) is 0 Å². The van der Waals surface area contributed by atoms with Gasteiger partial charge in [-0.1, -0.05) is 67.8 Å². The maximum Gasteiger partial charge on any atom is 0.247 e. The van der Waals surface area contributed by atoms with Gasteiger partial charge >= 0.3 is 0 Å². The Morgan fingerprint density at radius 3 is 2.23 bits per heavy atom. The zero-order valence-electron chi connectivity index (χ0n) is 16.9. The molecule has 1 aliphatic carbocycles. The van der Waals surface area contributed by atoms with Crippen molar-refractivity contribution in [3.63, 3.8) is 0 Å². The van der Waals surface area contributed by atoms with E-state index in [1.54, 1.807) is 10.9 Å². The van der Waals surface area contributed by atoms with E-state index in [1.807, 2.05) is 60.7 Å². The van der Waals surface area contributed by atoms with Crippen LogP contribution in [0.1, 0.15) is 32.1 Å². The molecule has 0 bridgehead atoms. The summed E-state index contributed by atoms with van der Waals surface area (Å²) < 4.78 is 30.8. The molecule has 0 spiro atoms. The van der Waals surface area contributed by atoms with E-state index in [2.05, 4.69) is 5.10 Å². The van der Waals surface area contributed by atoms with Crippen molar-refractivity contribution in [3.05, 3.63) is 66.9 Å². The second-order valence-corrected chi connectivity index (χ2v) is 9.48. The molecule has 1 fully saturated rings. The molecule has 6 nitrogen and oxygen atoms in total. The van der Waals surface area contributed by atoms with Gasteiger partial charge in [0.15, 0.2) is 0 Å². The van der Waals surface area contributed by atoms with Crippen molar-refractivity contribution in [1.82, 2.24) is 14.1 Å². The molecule has 4 rings (SSSR count). The van der Waals surface area contributed by atoms with E-state index in [0.717, 1.165) is 43.4 Å². The topological polar surface area (TPSA) is 75.4 Å². The third-order valence-electron chi connectivity index (χ3n) is 5.64. The highest BCUT2D eigenvalue weighted by molar-refractivity contribution is 7.89. The summed E-state index contributed by atoms with van der Waals surface area (Å²) in [5, 5.41) is 14.3. The number of hydrogen-bond acceptors (Lipinski definition) is 4. The molecule has 0 unspecified atom stereocenters. The number of aliphatic hydroxyl groups is 1. The van der Waals surface area contributed by atoms with Crippen LogP contribution in [0.4, 0.5) is 0 Å². The number of nitrogens with zero attached hydrogens (tertiary/aromatic N) is 3. The molecule has 1 aromatic heterocycles. The monoisotopic (exact) mass is 425 g/mol. The number of sulfonamides is 1. The Bertz CT molecular complexity index is 1060. The Hall–Kier alpha value is -2.48. The SMILES string of the molecule is O=S(=O)(c1cn(-c2ccccc2)nc1-c1ccccc1)N(CCO)C1CCCCC1. The maximum atomic E-state index is 13.8. The van der Waals surface area contributed by atoms with Crippen molar-refractivity contribution in [2.75, 3.05) is 13.2 Å². The van der Waals surface area contributed by atoms with E-state index in [9.17, 15) is 13.5 Å². The highest BCUT2D eigenvalue weighted by atomic mass is 32.2. The minimum atomic E-state index is -3.84. The quantitative estimate of drug-likeness (QED) is 0.624. The van der Waals surface area contributed by atoms with Gasteiger partial charge in [0.25, 0.3) is 0 Å². The normalized spacial score (nSPS) is 15.5. The number of para-hydroxylation sites is 1. The molecule has 2 aromatic carbocycles. The van der Waals surface area contributed by atoms with Crippen molar-refractivity contribution in [2.24, 2.45) is 0 Å². The first-order valence-corrected chi connectivity index (χ1v) is 11.9. The van der Waals surface area contributed by atoms with Crippen LogP contribution in [0.25, 0.3) is 16.9 Å². The van der Waals surface area contributed by atoms with Crippen LogP contribution in [0.2, 0.25) is 0 Å². The second-order valence-electron chi connectivity index (χ2n) is 7.62. The van der Waals surface area contributed by atoms with Crippen molar-refractivity contribution < 1.29 is 13.5 Å². The fourth-order valence-corrected chi connectivity index (χ4v) is 5.96. The Balaban J connectivity index is 1.83. The molecule has 1 N–H and O–H groups in total. The smallest absolute Gasteiger partial charge is 0.247 e. The summed E-state index contributed by atoms with van der Waals surface area (Å²) in [7, 11) is -3.84. The first kappa shape index (κ1) is 20.8. The molecule has 1 aliphatic rings. The molecule has 7 heteroatoms. The third kappa shape index (κ3) is 4.19. The zero-order valence-corrected chi connectivity index (χ0v) is 17.7. The summed E-state index contributed by atoms with van der Waals surface area (Å²) in [6, 6.07) is 18.8. The number of aliphatic hydroxyl groups excluding tert-OH is 1. The van der Waals surface area contributed by atoms with Crippen LogP contribution in [0.15, 0.2) is 71.8 Å². The minimum Gasteiger partial charge on any atom is -0.395 e. The first-order chi connectivity index (χ1) is 14.6. The fraction of sp³-hybridized carbons (Fsp3) is 0.348. The predicted octanol–water partition coefficient (Wildman–Crippen LogP) is 3.86. The number of rotatable bonds is 7. The lowest BCUT2D eigenvalue weighted by Crippen LogP contribution is -2.43. The molecule has 0 atom stereocenters. The Morgan fingerprint density at radius 2 is 1.60 bits per heavy atom. The molecule has 30 heavy (non-hydrogen) atoms. The maximum absolute atomic E-state index is 13.8. The predicted molar refractivity (Wildman–Crippen MR) is 117 cm³/mol. The Labute approximate surface area is 177 Å². The molecule has 3 aromatic rings. The average Bonchev–Trinajstić information content (AvgIpc) is 3.26. The lowest BCUT2D eigenvalue weighted by molar-refractivity contribution is 0.199. The lowest BCUT2D eigenvalue weighted by Gasteiger charge is -2.32. The van der Waals surface area contributed by atoms with Crippen molar-refractivity contribution in [1.29, 1.82) is 0 Å². The van der Waals surface area contributed by atoms with Gasteiger partial charge in [0.2, 0.25) is 10.0 Å². The molecule has 0 radical (unpaired) electrons. The molecule has 158 valence electrons. The summed E-state index contributed by atoms with van der Waals surface area (Å²) in [5.74, 6) is 0. The van der Waals surface area contributed by atoms with Crippen LogP contribution < -0.4 is 0 Å². The number of aromatic nitrogens is 2. The summed E-state index contributed by atoms with van der Waals surface area (Å²) in [6.07, 6.45) is 6.40. The van der Waals surface area contributed by atoms with Crippen molar-refractivity contribution >= 4 is 10.0 Å². The zero-order chi connectivity index (χ0) is 21.0. The van der Waals surface area contributed by atoms with Gasteiger partial charge in [-0.2, -0.15) is 9.40 Å².